The number of nitrogens with zero attached hydrogens (tertiary/aromatic N) is 6. The first-order chi connectivity index (χ1) is 21.9. The number of hydrogen-bond acceptors (Lipinski definition) is 8. The highest BCUT2D eigenvalue weighted by Crippen LogP contribution is 2.51. The predicted octanol–water partition coefficient (Wildman–Crippen LogP) is 6.42. The SMILES string of the molecule is C=CC(=O)N1CC(C)N2c3nc(=O)n(-c4c(C(C)C)ncnc4C(C)C)c4c(F)c(-c5c(O)cccc5F)c(Cl)c(c34)SCC2C1. The van der Waals surface area contributed by atoms with Crippen molar-refractivity contribution < 1.29 is 18.7 Å². The molecule has 0 saturated carbocycles. The molecule has 240 valence electrons. The van der Waals surface area contributed by atoms with E-state index in [1.807, 2.05) is 39.5 Å². The number of carbonyl (C=O) groups is 1. The summed E-state index contributed by atoms with van der Waals surface area (Å²) in [7, 11) is 0. The van der Waals surface area contributed by atoms with Gasteiger partial charge >= 0.3 is 5.69 Å². The van der Waals surface area contributed by atoms with Crippen molar-refractivity contribution in [3.05, 3.63) is 75.7 Å². The van der Waals surface area contributed by atoms with Gasteiger partial charge in [0.05, 0.1) is 44.6 Å². The van der Waals surface area contributed by atoms with E-state index in [0.717, 1.165) is 6.07 Å². The molecule has 6 rings (SSSR count). The van der Waals surface area contributed by atoms with E-state index in [1.165, 1.54) is 40.9 Å². The lowest BCUT2D eigenvalue weighted by molar-refractivity contribution is -0.127. The van der Waals surface area contributed by atoms with Crippen LogP contribution in [0.25, 0.3) is 27.7 Å². The zero-order valence-electron chi connectivity index (χ0n) is 26.0. The van der Waals surface area contributed by atoms with E-state index in [9.17, 15) is 14.7 Å². The van der Waals surface area contributed by atoms with E-state index < -0.39 is 28.6 Å². The monoisotopic (exact) mass is 666 g/mol. The Balaban J connectivity index is 1.80. The normalized spacial score (nSPS) is 17.9. The van der Waals surface area contributed by atoms with Crippen LogP contribution in [0.5, 0.6) is 5.75 Å². The summed E-state index contributed by atoms with van der Waals surface area (Å²) in [5.41, 5.74) is -0.427. The fraction of sp³-hybridized carbons (Fsp3) is 0.364. The van der Waals surface area contributed by atoms with Gasteiger partial charge in [-0.2, -0.15) is 4.98 Å². The molecule has 1 N–H and O–H groups in total. The molecule has 13 heteroatoms. The molecule has 2 aromatic carbocycles. The van der Waals surface area contributed by atoms with Crippen molar-refractivity contribution in [2.24, 2.45) is 0 Å². The summed E-state index contributed by atoms with van der Waals surface area (Å²) < 4.78 is 34.1. The second-order valence-electron chi connectivity index (χ2n) is 12.2. The summed E-state index contributed by atoms with van der Waals surface area (Å²) in [5, 5.41) is 11.0. The minimum Gasteiger partial charge on any atom is -0.507 e. The summed E-state index contributed by atoms with van der Waals surface area (Å²) in [5.74, 6) is -2.37. The van der Waals surface area contributed by atoms with Crippen molar-refractivity contribution in [3.8, 4) is 22.6 Å². The lowest BCUT2D eigenvalue weighted by Gasteiger charge is -2.45. The molecule has 2 aromatic heterocycles. The smallest absolute Gasteiger partial charge is 0.354 e. The van der Waals surface area contributed by atoms with E-state index in [-0.39, 0.29) is 57.1 Å². The quantitative estimate of drug-likeness (QED) is 0.243. The molecule has 4 aromatic rings. The van der Waals surface area contributed by atoms with E-state index in [2.05, 4.69) is 21.5 Å². The van der Waals surface area contributed by atoms with E-state index in [1.54, 1.807) is 4.90 Å². The highest BCUT2D eigenvalue weighted by Gasteiger charge is 2.41. The van der Waals surface area contributed by atoms with Crippen molar-refractivity contribution in [2.75, 3.05) is 23.7 Å². The minimum atomic E-state index is -0.995. The van der Waals surface area contributed by atoms with Gasteiger partial charge in [-0.05, 0) is 37.0 Å². The number of halogens is 3. The van der Waals surface area contributed by atoms with Crippen molar-refractivity contribution >= 4 is 46.0 Å². The molecule has 0 radical (unpaired) electrons. The Morgan fingerprint density at radius 2 is 1.80 bits per heavy atom. The number of fused-ring (bicyclic) bond motifs is 2. The number of anilines is 1. The second-order valence-corrected chi connectivity index (χ2v) is 13.6. The van der Waals surface area contributed by atoms with Crippen LogP contribution in [0, 0.1) is 11.6 Å². The van der Waals surface area contributed by atoms with Gasteiger partial charge in [-0.15, -0.1) is 11.8 Å². The Hall–Kier alpha value is -4.03. The summed E-state index contributed by atoms with van der Waals surface area (Å²) >= 11 is 8.32. The van der Waals surface area contributed by atoms with Crippen LogP contribution in [0.4, 0.5) is 14.6 Å². The number of hydrogen-bond donors (Lipinski definition) is 1. The fourth-order valence-electron chi connectivity index (χ4n) is 6.54. The molecule has 0 bridgehead atoms. The average molecular weight is 667 g/mol. The van der Waals surface area contributed by atoms with Crippen LogP contribution in [-0.2, 0) is 4.79 Å². The van der Waals surface area contributed by atoms with Crippen LogP contribution in [-0.4, -0.2) is 66.4 Å². The van der Waals surface area contributed by atoms with Crippen LogP contribution in [0.15, 0.2) is 46.9 Å². The lowest BCUT2D eigenvalue weighted by Crippen LogP contribution is -2.60. The van der Waals surface area contributed by atoms with Gasteiger partial charge in [-0.25, -0.2) is 23.5 Å². The molecule has 2 atom stereocenters. The first kappa shape index (κ1) is 31.9. The minimum absolute atomic E-state index is 0.118. The fourth-order valence-corrected chi connectivity index (χ4v) is 8.16. The predicted molar refractivity (Wildman–Crippen MR) is 176 cm³/mol. The number of carbonyl (C=O) groups excluding carboxylic acids is 1. The lowest BCUT2D eigenvalue weighted by atomic mass is 9.98. The maximum atomic E-state index is 17.5. The molecular weight excluding hydrogens is 634 g/mol. The standard InChI is InChI=1S/C33H33ClF2N6O3S/c1-7-21(44)40-11-17(6)41-18(12-40)13-46-31-24-29(26(36)23(25(31)34)22-19(35)9-8-10-20(22)43)42(33(45)39-32(24)41)30-27(15(2)3)37-14-38-28(30)16(4)5/h7-10,14-18,43H,1,11-13H2,2-6H3. The van der Waals surface area contributed by atoms with E-state index >= 15 is 8.78 Å². The Labute approximate surface area is 273 Å². The average Bonchev–Trinajstić information content (AvgIpc) is 3.17. The molecule has 2 aliphatic heterocycles. The summed E-state index contributed by atoms with van der Waals surface area (Å²) in [6.45, 7) is 13.8. The number of phenolic OH excluding ortho intramolecular Hbond substituents is 1. The van der Waals surface area contributed by atoms with Gasteiger partial charge < -0.3 is 14.9 Å². The first-order valence-electron chi connectivity index (χ1n) is 15.0. The Bertz CT molecular complexity index is 1940. The number of piperazine rings is 1. The Kier molecular flexibility index (Phi) is 8.30. The molecular formula is C33H33ClF2N6O3S. The summed E-state index contributed by atoms with van der Waals surface area (Å²) in [4.78, 5) is 44.7. The number of amides is 1. The molecule has 1 amide bonds. The third kappa shape index (κ3) is 4.93. The third-order valence-corrected chi connectivity index (χ3v) is 10.3. The van der Waals surface area contributed by atoms with Crippen LogP contribution >= 0.6 is 23.4 Å². The highest BCUT2D eigenvalue weighted by atomic mass is 35.5. The van der Waals surface area contributed by atoms with Crippen LogP contribution in [0.3, 0.4) is 0 Å². The van der Waals surface area contributed by atoms with Gasteiger partial charge in [0.2, 0.25) is 5.91 Å². The molecule has 1 fully saturated rings. The molecule has 2 aliphatic rings. The molecule has 9 nitrogen and oxygen atoms in total. The van der Waals surface area contributed by atoms with Crippen molar-refractivity contribution in [1.29, 1.82) is 0 Å². The number of aromatic nitrogens is 4. The van der Waals surface area contributed by atoms with Crippen molar-refractivity contribution in [3.63, 3.8) is 0 Å². The van der Waals surface area contributed by atoms with Gasteiger partial charge in [0, 0.05) is 35.3 Å². The summed E-state index contributed by atoms with van der Waals surface area (Å²) in [6, 6.07) is 3.04. The van der Waals surface area contributed by atoms with Gasteiger partial charge in [0.15, 0.2) is 5.82 Å². The number of aromatic hydroxyl groups is 1. The molecule has 0 spiro atoms. The number of rotatable bonds is 5. The van der Waals surface area contributed by atoms with Crippen LogP contribution in [0.1, 0.15) is 57.8 Å². The largest absolute Gasteiger partial charge is 0.507 e. The summed E-state index contributed by atoms with van der Waals surface area (Å²) in [6.07, 6.45) is 2.68. The van der Waals surface area contributed by atoms with Gasteiger partial charge in [-0.1, -0.05) is 51.9 Å². The van der Waals surface area contributed by atoms with Gasteiger partial charge in [0.25, 0.3) is 0 Å². The number of phenols is 1. The van der Waals surface area contributed by atoms with Crippen molar-refractivity contribution in [1.82, 2.24) is 24.4 Å². The molecule has 0 aliphatic carbocycles. The maximum Gasteiger partial charge on any atom is 0.354 e. The Morgan fingerprint density at radius 1 is 1.13 bits per heavy atom. The van der Waals surface area contributed by atoms with Crippen LogP contribution in [0.2, 0.25) is 5.02 Å². The maximum absolute atomic E-state index is 17.5. The molecule has 4 heterocycles. The zero-order chi connectivity index (χ0) is 33.2. The Morgan fingerprint density at radius 3 is 2.41 bits per heavy atom. The van der Waals surface area contributed by atoms with Gasteiger partial charge in [0.1, 0.15) is 23.7 Å². The first-order valence-corrected chi connectivity index (χ1v) is 16.4. The number of benzene rings is 2. The second kappa shape index (κ2) is 12.0. The third-order valence-electron chi connectivity index (χ3n) is 8.52. The van der Waals surface area contributed by atoms with Crippen LogP contribution < -0.4 is 10.6 Å². The molecule has 2 unspecified atom stereocenters. The number of thioether (sulfide) groups is 1. The van der Waals surface area contributed by atoms with E-state index in [0.29, 0.717) is 40.8 Å². The van der Waals surface area contributed by atoms with Gasteiger partial charge in [-0.3, -0.25) is 9.36 Å². The topological polar surface area (TPSA) is 104 Å². The molecule has 46 heavy (non-hydrogen) atoms. The molecule has 1 saturated heterocycles. The van der Waals surface area contributed by atoms with E-state index in [4.69, 9.17) is 11.6 Å². The highest BCUT2D eigenvalue weighted by molar-refractivity contribution is 7.99. The zero-order valence-corrected chi connectivity index (χ0v) is 27.6. The van der Waals surface area contributed by atoms with Crippen molar-refractivity contribution in [2.45, 2.75) is 63.4 Å².